The molecule has 31 heavy (non-hydrogen) atoms. The number of hydrogen-bond donors (Lipinski definition) is 0. The third-order valence-electron chi connectivity index (χ3n) is 7.09. The quantitative estimate of drug-likeness (QED) is 0.334. The summed E-state index contributed by atoms with van der Waals surface area (Å²) in [6, 6.07) is 5.57. The molecule has 4 unspecified atom stereocenters. The Kier molecular flexibility index (Phi) is 5.93. The Morgan fingerprint density at radius 2 is 1.45 bits per heavy atom. The predicted molar refractivity (Wildman–Crippen MR) is 108 cm³/mol. The minimum atomic E-state index is -5.15. The molecule has 0 saturated heterocycles. The van der Waals surface area contributed by atoms with E-state index in [4.69, 9.17) is 0 Å². The summed E-state index contributed by atoms with van der Waals surface area (Å²) >= 11 is 0. The van der Waals surface area contributed by atoms with Crippen molar-refractivity contribution in [2.24, 2.45) is 17.8 Å². The summed E-state index contributed by atoms with van der Waals surface area (Å²) in [6.07, 6.45) is 3.35. The molecule has 2 aliphatic carbocycles. The second-order valence-electron chi connectivity index (χ2n) is 8.89. The molecule has 6 heteroatoms. The molecule has 4 rings (SSSR count). The van der Waals surface area contributed by atoms with Gasteiger partial charge in [0.05, 0.1) is 0 Å². The molecule has 2 aromatic rings. The summed E-state index contributed by atoms with van der Waals surface area (Å²) in [5, 5.41) is 0. The van der Waals surface area contributed by atoms with E-state index in [-0.39, 0.29) is 17.0 Å². The van der Waals surface area contributed by atoms with Crippen molar-refractivity contribution < 1.29 is 26.3 Å². The van der Waals surface area contributed by atoms with Crippen LogP contribution in [0.25, 0.3) is 11.1 Å². The molecule has 4 atom stereocenters. The van der Waals surface area contributed by atoms with Crippen LogP contribution in [-0.4, -0.2) is 0 Å². The van der Waals surface area contributed by atoms with Gasteiger partial charge in [-0.05, 0) is 91.5 Å². The monoisotopic (exact) mass is 438 g/mol. The molecule has 0 spiro atoms. The van der Waals surface area contributed by atoms with Crippen molar-refractivity contribution in [3.05, 3.63) is 71.6 Å². The zero-order valence-corrected chi connectivity index (χ0v) is 17.0. The predicted octanol–water partition coefficient (Wildman–Crippen LogP) is 8.28. The lowest BCUT2D eigenvalue weighted by molar-refractivity contribution is -0.142. The molecular formula is C25H24F6. The second-order valence-corrected chi connectivity index (χ2v) is 8.89. The molecule has 2 fully saturated rings. The Morgan fingerprint density at radius 1 is 0.806 bits per heavy atom. The van der Waals surface area contributed by atoms with Gasteiger partial charge in [0.15, 0.2) is 0 Å². The Bertz CT molecular complexity index is 953. The number of benzene rings is 2. The highest BCUT2D eigenvalue weighted by molar-refractivity contribution is 5.65. The first-order chi connectivity index (χ1) is 14.7. The number of hydrogen-bond acceptors (Lipinski definition) is 0. The second kappa shape index (κ2) is 8.36. The summed E-state index contributed by atoms with van der Waals surface area (Å²) in [5.74, 6) is -2.11. The Hall–Kier alpha value is -2.24. The number of fused-ring (bicyclic) bond motifs is 1. The van der Waals surface area contributed by atoms with Crippen LogP contribution in [0.3, 0.4) is 0 Å². The summed E-state index contributed by atoms with van der Waals surface area (Å²) in [6.45, 7) is 3.91. The van der Waals surface area contributed by atoms with Crippen molar-refractivity contribution in [3.8, 4) is 11.1 Å². The van der Waals surface area contributed by atoms with Gasteiger partial charge in [-0.3, -0.25) is 0 Å². The fourth-order valence-electron chi connectivity index (χ4n) is 5.46. The van der Waals surface area contributed by atoms with Gasteiger partial charge in [0.2, 0.25) is 0 Å². The van der Waals surface area contributed by atoms with Crippen molar-refractivity contribution >= 4 is 0 Å². The minimum Gasteiger partial charge on any atom is -0.206 e. The van der Waals surface area contributed by atoms with Gasteiger partial charge in [-0.25, -0.2) is 13.2 Å². The lowest BCUT2D eigenvalue weighted by Crippen LogP contribution is -2.29. The number of rotatable bonds is 3. The van der Waals surface area contributed by atoms with Crippen molar-refractivity contribution in [1.29, 1.82) is 0 Å². The fourth-order valence-corrected chi connectivity index (χ4v) is 5.46. The van der Waals surface area contributed by atoms with Crippen molar-refractivity contribution in [3.63, 3.8) is 0 Å². The summed E-state index contributed by atoms with van der Waals surface area (Å²) < 4.78 is 81.0. The maximum atomic E-state index is 14.8. The SMILES string of the molecule is C=CC1CCC2CC(c3ccc(-c4cc(F)c(C(F)(F)F)c(F)c4)c(F)c3)CCC2C1. The number of halogens is 6. The maximum absolute atomic E-state index is 14.8. The standard InChI is InChI=1S/C25H24F6/c1-2-14-3-4-16-10-17(6-5-15(16)9-14)18-7-8-20(21(26)11-18)19-12-22(27)24(23(28)13-19)25(29,30)31/h2,7-8,11-17H,1,3-6,9-10H2. The van der Waals surface area contributed by atoms with Gasteiger partial charge in [-0.2, -0.15) is 13.2 Å². The molecule has 0 aliphatic heterocycles. The lowest BCUT2D eigenvalue weighted by atomic mass is 9.64. The lowest BCUT2D eigenvalue weighted by Gasteiger charge is -2.41. The van der Waals surface area contributed by atoms with Gasteiger partial charge in [0.25, 0.3) is 0 Å². The molecule has 2 aromatic carbocycles. The van der Waals surface area contributed by atoms with E-state index in [1.807, 2.05) is 6.08 Å². The van der Waals surface area contributed by atoms with Crippen molar-refractivity contribution in [1.82, 2.24) is 0 Å². The Balaban J connectivity index is 1.55. The Labute approximate surface area is 178 Å². The van der Waals surface area contributed by atoms with Gasteiger partial charge in [0, 0.05) is 5.56 Å². The van der Waals surface area contributed by atoms with Crippen molar-refractivity contribution in [2.45, 2.75) is 50.6 Å². The largest absolute Gasteiger partial charge is 0.422 e. The topological polar surface area (TPSA) is 0 Å². The van der Waals surface area contributed by atoms with E-state index in [2.05, 4.69) is 6.58 Å². The van der Waals surface area contributed by atoms with E-state index in [0.717, 1.165) is 37.7 Å². The number of alkyl halides is 3. The molecule has 0 nitrogen and oxygen atoms in total. The van der Waals surface area contributed by atoms with Gasteiger partial charge in [-0.15, -0.1) is 6.58 Å². The van der Waals surface area contributed by atoms with Crippen LogP contribution in [0.4, 0.5) is 26.3 Å². The van der Waals surface area contributed by atoms with E-state index in [1.54, 1.807) is 6.07 Å². The van der Waals surface area contributed by atoms with Crippen LogP contribution in [-0.2, 0) is 6.18 Å². The molecule has 2 aliphatic rings. The van der Waals surface area contributed by atoms with Gasteiger partial charge >= 0.3 is 6.18 Å². The highest BCUT2D eigenvalue weighted by atomic mass is 19.4. The molecule has 0 radical (unpaired) electrons. The van der Waals surface area contributed by atoms with Crippen LogP contribution in [0.15, 0.2) is 43.0 Å². The van der Waals surface area contributed by atoms with Gasteiger partial charge in [0.1, 0.15) is 23.0 Å². The summed E-state index contributed by atoms with van der Waals surface area (Å²) in [7, 11) is 0. The van der Waals surface area contributed by atoms with Crippen LogP contribution < -0.4 is 0 Å². The summed E-state index contributed by atoms with van der Waals surface area (Å²) in [5.41, 5.74) is -1.50. The molecule has 0 heterocycles. The molecule has 0 bridgehead atoms. The first kappa shape index (κ1) is 22.0. The van der Waals surface area contributed by atoms with E-state index >= 15 is 0 Å². The molecular weight excluding hydrogens is 414 g/mol. The normalized spacial score (nSPS) is 26.4. The fraction of sp³-hybridized carbons (Fsp3) is 0.440. The van der Waals surface area contributed by atoms with E-state index in [1.165, 1.54) is 18.6 Å². The van der Waals surface area contributed by atoms with Crippen LogP contribution in [0.5, 0.6) is 0 Å². The first-order valence-electron chi connectivity index (χ1n) is 10.7. The smallest absolute Gasteiger partial charge is 0.206 e. The first-order valence-corrected chi connectivity index (χ1v) is 10.7. The highest BCUT2D eigenvalue weighted by Gasteiger charge is 2.38. The molecule has 166 valence electrons. The van der Waals surface area contributed by atoms with Gasteiger partial charge in [-0.1, -0.05) is 18.2 Å². The average molecular weight is 438 g/mol. The minimum absolute atomic E-state index is 0.115. The zero-order chi connectivity index (χ0) is 22.3. The Morgan fingerprint density at radius 3 is 2.06 bits per heavy atom. The molecule has 0 aromatic heterocycles. The third-order valence-corrected chi connectivity index (χ3v) is 7.09. The summed E-state index contributed by atoms with van der Waals surface area (Å²) in [4.78, 5) is 0. The average Bonchev–Trinajstić information content (AvgIpc) is 2.71. The van der Waals surface area contributed by atoms with Crippen LogP contribution in [0.2, 0.25) is 0 Å². The zero-order valence-electron chi connectivity index (χ0n) is 17.0. The molecule has 0 amide bonds. The maximum Gasteiger partial charge on any atom is 0.422 e. The van der Waals surface area contributed by atoms with Crippen LogP contribution in [0, 0.1) is 35.2 Å². The van der Waals surface area contributed by atoms with Crippen molar-refractivity contribution in [2.75, 3.05) is 0 Å². The van der Waals surface area contributed by atoms with Crippen LogP contribution in [0.1, 0.15) is 55.6 Å². The highest BCUT2D eigenvalue weighted by Crippen LogP contribution is 2.48. The van der Waals surface area contributed by atoms with E-state index in [9.17, 15) is 26.3 Å². The third kappa shape index (κ3) is 4.39. The van der Waals surface area contributed by atoms with E-state index in [0.29, 0.717) is 29.9 Å². The molecule has 2 saturated carbocycles. The molecule has 0 N–H and O–H groups in total. The number of allylic oxidation sites excluding steroid dienone is 1. The van der Waals surface area contributed by atoms with E-state index < -0.39 is 29.2 Å². The van der Waals surface area contributed by atoms with Gasteiger partial charge < -0.3 is 0 Å². The van der Waals surface area contributed by atoms with Crippen LogP contribution >= 0.6 is 0 Å².